The molecular formula is C24H27N. The second kappa shape index (κ2) is 8.13. The highest BCUT2D eigenvalue weighted by Crippen LogP contribution is 2.42. The molecule has 0 aliphatic carbocycles. The van der Waals surface area contributed by atoms with Crippen LogP contribution in [-0.4, -0.2) is 6.54 Å². The molecular weight excluding hydrogens is 302 g/mol. The van der Waals surface area contributed by atoms with Crippen LogP contribution in [0.2, 0.25) is 0 Å². The van der Waals surface area contributed by atoms with Crippen molar-refractivity contribution in [2.45, 2.75) is 31.7 Å². The molecule has 3 aromatic carbocycles. The Morgan fingerprint density at radius 2 is 1.16 bits per heavy atom. The van der Waals surface area contributed by atoms with E-state index in [1.165, 1.54) is 16.7 Å². The predicted molar refractivity (Wildman–Crippen MR) is 107 cm³/mol. The molecule has 1 atom stereocenters. The summed E-state index contributed by atoms with van der Waals surface area (Å²) in [5, 5.41) is 3.91. The number of rotatable bonds is 7. The number of nitrogens with one attached hydrogen (secondary N) is 1. The minimum absolute atomic E-state index is 0.250. The zero-order valence-corrected chi connectivity index (χ0v) is 15.2. The summed E-state index contributed by atoms with van der Waals surface area (Å²) in [5.74, 6) is 0.296. The Hall–Kier alpha value is -2.38. The first-order chi connectivity index (χ1) is 12.3. The summed E-state index contributed by atoms with van der Waals surface area (Å²) in [6.07, 6.45) is 1.10. The first-order valence-corrected chi connectivity index (χ1v) is 9.20. The minimum Gasteiger partial charge on any atom is -0.303 e. The molecule has 1 heteroatoms. The number of benzene rings is 3. The van der Waals surface area contributed by atoms with E-state index in [0.29, 0.717) is 5.92 Å². The fraction of sp³-hybridized carbons (Fsp3) is 0.250. The highest BCUT2D eigenvalue weighted by atomic mass is 15.0. The van der Waals surface area contributed by atoms with Gasteiger partial charge in [0.15, 0.2) is 0 Å². The van der Waals surface area contributed by atoms with Gasteiger partial charge in [-0.25, -0.2) is 0 Å². The molecule has 0 fully saturated rings. The summed E-state index contributed by atoms with van der Waals surface area (Å²) in [5.41, 5.74) is 3.72. The Balaban J connectivity index is 2.21. The lowest BCUT2D eigenvalue weighted by Gasteiger charge is -2.42. The van der Waals surface area contributed by atoms with Gasteiger partial charge in [-0.1, -0.05) is 105 Å². The summed E-state index contributed by atoms with van der Waals surface area (Å²) in [6.45, 7) is 5.53. The van der Waals surface area contributed by atoms with Crippen LogP contribution in [0.3, 0.4) is 0 Å². The molecule has 0 saturated carbocycles. The van der Waals surface area contributed by atoms with Crippen molar-refractivity contribution in [3.8, 4) is 0 Å². The van der Waals surface area contributed by atoms with Crippen LogP contribution in [0, 0.1) is 0 Å². The molecule has 0 spiro atoms. The Morgan fingerprint density at radius 3 is 1.60 bits per heavy atom. The van der Waals surface area contributed by atoms with Crippen molar-refractivity contribution in [1.29, 1.82) is 0 Å². The molecule has 3 rings (SSSR count). The molecule has 0 aliphatic heterocycles. The third kappa shape index (κ3) is 3.52. The van der Waals surface area contributed by atoms with E-state index in [4.69, 9.17) is 0 Å². The van der Waals surface area contributed by atoms with Crippen LogP contribution < -0.4 is 5.32 Å². The van der Waals surface area contributed by atoms with Gasteiger partial charge in [0.05, 0.1) is 5.54 Å². The summed E-state index contributed by atoms with van der Waals surface area (Å²) in [7, 11) is 0. The molecule has 3 aromatic rings. The van der Waals surface area contributed by atoms with E-state index in [1.54, 1.807) is 0 Å². The first-order valence-electron chi connectivity index (χ1n) is 9.20. The monoisotopic (exact) mass is 329 g/mol. The zero-order valence-electron chi connectivity index (χ0n) is 15.2. The Morgan fingerprint density at radius 1 is 0.720 bits per heavy atom. The maximum absolute atomic E-state index is 3.91. The highest BCUT2D eigenvalue weighted by Gasteiger charge is 2.39. The first kappa shape index (κ1) is 17.4. The van der Waals surface area contributed by atoms with E-state index in [0.717, 1.165) is 13.0 Å². The Labute approximate surface area is 151 Å². The Bertz CT molecular complexity index is 710. The van der Waals surface area contributed by atoms with Gasteiger partial charge in [0, 0.05) is 5.92 Å². The lowest BCUT2D eigenvalue weighted by atomic mass is 9.71. The zero-order chi connectivity index (χ0) is 17.5. The van der Waals surface area contributed by atoms with Crippen molar-refractivity contribution >= 4 is 0 Å². The molecule has 25 heavy (non-hydrogen) atoms. The molecule has 0 aromatic heterocycles. The number of hydrogen-bond acceptors (Lipinski definition) is 1. The minimum atomic E-state index is -0.250. The van der Waals surface area contributed by atoms with Crippen LogP contribution in [0.25, 0.3) is 0 Å². The van der Waals surface area contributed by atoms with Gasteiger partial charge in [-0.3, -0.25) is 0 Å². The fourth-order valence-corrected chi connectivity index (χ4v) is 3.74. The van der Waals surface area contributed by atoms with Crippen LogP contribution in [0.5, 0.6) is 0 Å². The topological polar surface area (TPSA) is 12.0 Å². The van der Waals surface area contributed by atoms with Gasteiger partial charge in [0.2, 0.25) is 0 Å². The molecule has 0 bridgehead atoms. The van der Waals surface area contributed by atoms with Gasteiger partial charge >= 0.3 is 0 Å². The second-order valence-electron chi connectivity index (χ2n) is 6.60. The molecule has 0 saturated heterocycles. The summed E-state index contributed by atoms with van der Waals surface area (Å²) < 4.78 is 0. The van der Waals surface area contributed by atoms with Crippen LogP contribution in [0.1, 0.15) is 42.9 Å². The van der Waals surface area contributed by atoms with Crippen molar-refractivity contribution < 1.29 is 0 Å². The summed E-state index contributed by atoms with van der Waals surface area (Å²) in [4.78, 5) is 0. The maximum Gasteiger partial charge on any atom is 0.0757 e. The number of hydrogen-bond donors (Lipinski definition) is 1. The quantitative estimate of drug-likeness (QED) is 0.583. The lowest BCUT2D eigenvalue weighted by molar-refractivity contribution is 0.342. The summed E-state index contributed by atoms with van der Waals surface area (Å²) >= 11 is 0. The van der Waals surface area contributed by atoms with Gasteiger partial charge < -0.3 is 5.32 Å². The van der Waals surface area contributed by atoms with Crippen molar-refractivity contribution in [3.05, 3.63) is 108 Å². The van der Waals surface area contributed by atoms with Gasteiger partial charge in [-0.15, -0.1) is 0 Å². The van der Waals surface area contributed by atoms with Gasteiger partial charge in [0.1, 0.15) is 0 Å². The van der Waals surface area contributed by atoms with Crippen LogP contribution >= 0.6 is 0 Å². The Kier molecular flexibility index (Phi) is 5.67. The third-order valence-electron chi connectivity index (χ3n) is 5.06. The molecule has 0 radical (unpaired) electrons. The predicted octanol–water partition coefficient (Wildman–Crippen LogP) is 5.73. The van der Waals surface area contributed by atoms with Crippen molar-refractivity contribution in [2.24, 2.45) is 0 Å². The van der Waals surface area contributed by atoms with E-state index in [9.17, 15) is 0 Å². The average Bonchev–Trinajstić information content (AvgIpc) is 2.71. The van der Waals surface area contributed by atoms with E-state index in [2.05, 4.69) is 110 Å². The van der Waals surface area contributed by atoms with Crippen molar-refractivity contribution in [2.75, 3.05) is 6.54 Å². The molecule has 1 N–H and O–H groups in total. The smallest absolute Gasteiger partial charge is 0.0757 e. The molecule has 0 heterocycles. The molecule has 1 nitrogen and oxygen atoms in total. The molecule has 0 amide bonds. The molecule has 1 unspecified atom stereocenters. The van der Waals surface area contributed by atoms with E-state index < -0.39 is 0 Å². The standard InChI is InChI=1S/C24H27N/c1-3-19-25-24(22-15-9-5-10-16-22,23-17-11-6-12-18-23)20(2)21-13-7-4-8-14-21/h4-18,20,25H,3,19H2,1-2H3. The van der Waals surface area contributed by atoms with Crippen molar-refractivity contribution in [1.82, 2.24) is 5.32 Å². The average molecular weight is 329 g/mol. The summed E-state index contributed by atoms with van der Waals surface area (Å²) in [6, 6.07) is 32.5. The van der Waals surface area contributed by atoms with E-state index in [-0.39, 0.29) is 5.54 Å². The maximum atomic E-state index is 3.91. The van der Waals surface area contributed by atoms with Crippen LogP contribution in [0.4, 0.5) is 0 Å². The van der Waals surface area contributed by atoms with Crippen LogP contribution in [-0.2, 0) is 5.54 Å². The second-order valence-corrected chi connectivity index (χ2v) is 6.60. The van der Waals surface area contributed by atoms with Gasteiger partial charge in [0.25, 0.3) is 0 Å². The lowest BCUT2D eigenvalue weighted by Crippen LogP contribution is -2.48. The van der Waals surface area contributed by atoms with Gasteiger partial charge in [-0.05, 0) is 29.7 Å². The largest absolute Gasteiger partial charge is 0.303 e. The van der Waals surface area contributed by atoms with E-state index >= 15 is 0 Å². The molecule has 128 valence electrons. The normalized spacial score (nSPS) is 12.7. The van der Waals surface area contributed by atoms with E-state index in [1.807, 2.05) is 0 Å². The fourth-order valence-electron chi connectivity index (χ4n) is 3.74. The van der Waals surface area contributed by atoms with Gasteiger partial charge in [-0.2, -0.15) is 0 Å². The molecule has 0 aliphatic rings. The SMILES string of the molecule is CCCNC(c1ccccc1)(c1ccccc1)C(C)c1ccccc1. The van der Waals surface area contributed by atoms with Crippen molar-refractivity contribution in [3.63, 3.8) is 0 Å². The highest BCUT2D eigenvalue weighted by molar-refractivity contribution is 5.43. The van der Waals surface area contributed by atoms with Crippen LogP contribution in [0.15, 0.2) is 91.0 Å². The third-order valence-corrected chi connectivity index (χ3v) is 5.06.